The molecule has 0 amide bonds. The number of ether oxygens (including phenoxy) is 1. The molecular weight excluding hydrogens is 238 g/mol. The van der Waals surface area contributed by atoms with Crippen LogP contribution >= 0.6 is 23.5 Å². The number of thioether (sulfide) groups is 2. The van der Waals surface area contributed by atoms with Gasteiger partial charge < -0.3 is 10.1 Å². The maximum absolute atomic E-state index is 5.96. The SMILES string of the molecule is CC1(C)CCC(CNCC2CSCCS2)O1. The van der Waals surface area contributed by atoms with Crippen molar-refractivity contribution >= 4 is 23.5 Å². The van der Waals surface area contributed by atoms with Gasteiger partial charge in [0.2, 0.25) is 0 Å². The number of rotatable bonds is 4. The van der Waals surface area contributed by atoms with Crippen LogP contribution in [0.2, 0.25) is 0 Å². The minimum Gasteiger partial charge on any atom is -0.371 e. The molecule has 0 aromatic carbocycles. The van der Waals surface area contributed by atoms with Crippen LogP contribution in [0.25, 0.3) is 0 Å². The lowest BCUT2D eigenvalue weighted by molar-refractivity contribution is -0.0140. The molecule has 2 aliphatic rings. The van der Waals surface area contributed by atoms with Gasteiger partial charge in [0, 0.05) is 35.6 Å². The highest BCUT2D eigenvalue weighted by atomic mass is 32.2. The highest BCUT2D eigenvalue weighted by Crippen LogP contribution is 2.29. The molecule has 0 aromatic rings. The molecule has 0 radical (unpaired) electrons. The van der Waals surface area contributed by atoms with Gasteiger partial charge in [-0.25, -0.2) is 0 Å². The Labute approximate surface area is 108 Å². The number of hydrogen-bond acceptors (Lipinski definition) is 4. The molecule has 2 nitrogen and oxygen atoms in total. The standard InChI is InChI=1S/C12H23NOS2/c1-12(2)4-3-10(14-12)7-13-8-11-9-15-5-6-16-11/h10-11,13H,3-9H2,1-2H3. The number of nitrogens with one attached hydrogen (secondary N) is 1. The molecule has 2 unspecified atom stereocenters. The van der Waals surface area contributed by atoms with Crippen LogP contribution in [0.3, 0.4) is 0 Å². The maximum atomic E-state index is 5.96. The molecule has 0 saturated carbocycles. The summed E-state index contributed by atoms with van der Waals surface area (Å²) in [6.07, 6.45) is 2.86. The van der Waals surface area contributed by atoms with Crippen LogP contribution in [0.15, 0.2) is 0 Å². The van der Waals surface area contributed by atoms with Crippen molar-refractivity contribution in [2.45, 2.75) is 43.6 Å². The molecule has 16 heavy (non-hydrogen) atoms. The summed E-state index contributed by atoms with van der Waals surface area (Å²) in [5, 5.41) is 4.39. The van der Waals surface area contributed by atoms with E-state index < -0.39 is 0 Å². The molecule has 0 aromatic heterocycles. The van der Waals surface area contributed by atoms with E-state index in [1.165, 1.54) is 30.1 Å². The Morgan fingerprint density at radius 1 is 1.31 bits per heavy atom. The van der Waals surface area contributed by atoms with Gasteiger partial charge in [-0.05, 0) is 26.7 Å². The lowest BCUT2D eigenvalue weighted by Gasteiger charge is -2.23. The van der Waals surface area contributed by atoms with Gasteiger partial charge in [0.05, 0.1) is 11.7 Å². The summed E-state index contributed by atoms with van der Waals surface area (Å²) in [6, 6.07) is 0. The fourth-order valence-corrected chi connectivity index (χ4v) is 4.93. The largest absolute Gasteiger partial charge is 0.371 e. The Hall–Kier alpha value is 0.620. The van der Waals surface area contributed by atoms with Gasteiger partial charge in [0.15, 0.2) is 0 Å². The second-order valence-electron chi connectivity index (χ2n) is 5.26. The average molecular weight is 261 g/mol. The molecule has 0 spiro atoms. The molecule has 0 bridgehead atoms. The average Bonchev–Trinajstić information content (AvgIpc) is 2.60. The summed E-state index contributed by atoms with van der Waals surface area (Å²) < 4.78 is 5.96. The molecule has 4 heteroatoms. The number of hydrogen-bond donors (Lipinski definition) is 1. The van der Waals surface area contributed by atoms with Gasteiger partial charge in [0.25, 0.3) is 0 Å². The zero-order valence-electron chi connectivity index (χ0n) is 10.3. The summed E-state index contributed by atoms with van der Waals surface area (Å²) in [5.41, 5.74) is 0.113. The van der Waals surface area contributed by atoms with Gasteiger partial charge in [-0.3, -0.25) is 0 Å². The molecular formula is C12H23NOS2. The summed E-state index contributed by atoms with van der Waals surface area (Å²) in [6.45, 7) is 6.57. The fourth-order valence-electron chi connectivity index (χ4n) is 2.28. The normalized spacial score (nSPS) is 34.1. The minimum absolute atomic E-state index is 0.113. The first kappa shape index (κ1) is 13.1. The third-order valence-electron chi connectivity index (χ3n) is 3.18. The lowest BCUT2D eigenvalue weighted by Crippen LogP contribution is -2.35. The van der Waals surface area contributed by atoms with E-state index in [4.69, 9.17) is 4.74 Å². The van der Waals surface area contributed by atoms with Gasteiger partial charge in [-0.1, -0.05) is 0 Å². The second-order valence-corrected chi connectivity index (χ2v) is 7.82. The first-order valence-electron chi connectivity index (χ1n) is 6.24. The topological polar surface area (TPSA) is 21.3 Å². The summed E-state index contributed by atoms with van der Waals surface area (Å²) >= 11 is 4.21. The Morgan fingerprint density at radius 2 is 2.19 bits per heavy atom. The Kier molecular flexibility index (Phi) is 4.89. The fraction of sp³-hybridized carbons (Fsp3) is 1.00. The molecule has 2 heterocycles. The van der Waals surface area contributed by atoms with Crippen LogP contribution in [0, 0.1) is 0 Å². The monoisotopic (exact) mass is 261 g/mol. The quantitative estimate of drug-likeness (QED) is 0.838. The molecule has 2 fully saturated rings. The zero-order valence-corrected chi connectivity index (χ0v) is 12.0. The van der Waals surface area contributed by atoms with Crippen LogP contribution in [0.1, 0.15) is 26.7 Å². The summed E-state index contributed by atoms with van der Waals surface area (Å²) in [5.74, 6) is 3.97. The van der Waals surface area contributed by atoms with Crippen molar-refractivity contribution in [3.8, 4) is 0 Å². The predicted octanol–water partition coefficient (Wildman–Crippen LogP) is 2.38. The van der Waals surface area contributed by atoms with Gasteiger partial charge >= 0.3 is 0 Å². The highest BCUT2D eigenvalue weighted by Gasteiger charge is 2.31. The van der Waals surface area contributed by atoms with Crippen LogP contribution in [0.5, 0.6) is 0 Å². The van der Waals surface area contributed by atoms with E-state index in [2.05, 4.69) is 42.7 Å². The molecule has 2 saturated heterocycles. The van der Waals surface area contributed by atoms with Gasteiger partial charge in [0.1, 0.15) is 0 Å². The first-order valence-corrected chi connectivity index (χ1v) is 8.44. The highest BCUT2D eigenvalue weighted by molar-refractivity contribution is 8.06. The van der Waals surface area contributed by atoms with Gasteiger partial charge in [-0.2, -0.15) is 23.5 Å². The lowest BCUT2D eigenvalue weighted by atomic mass is 10.1. The van der Waals surface area contributed by atoms with Crippen molar-refractivity contribution in [1.29, 1.82) is 0 Å². The summed E-state index contributed by atoms with van der Waals surface area (Å²) in [7, 11) is 0. The van der Waals surface area contributed by atoms with Crippen molar-refractivity contribution in [1.82, 2.24) is 5.32 Å². The third kappa shape index (κ3) is 4.13. The molecule has 2 aliphatic heterocycles. The Morgan fingerprint density at radius 3 is 2.81 bits per heavy atom. The minimum atomic E-state index is 0.113. The molecule has 2 rings (SSSR count). The van der Waals surface area contributed by atoms with Crippen molar-refractivity contribution in [3.05, 3.63) is 0 Å². The Balaban J connectivity index is 1.58. The molecule has 2 atom stereocenters. The van der Waals surface area contributed by atoms with E-state index in [1.54, 1.807) is 0 Å². The molecule has 1 N–H and O–H groups in total. The van der Waals surface area contributed by atoms with E-state index in [9.17, 15) is 0 Å². The smallest absolute Gasteiger partial charge is 0.0707 e. The second kappa shape index (κ2) is 5.98. The van der Waals surface area contributed by atoms with E-state index in [1.807, 2.05) is 0 Å². The van der Waals surface area contributed by atoms with E-state index >= 15 is 0 Å². The van der Waals surface area contributed by atoms with E-state index in [-0.39, 0.29) is 5.60 Å². The van der Waals surface area contributed by atoms with E-state index in [0.29, 0.717) is 6.10 Å². The third-order valence-corrected chi connectivity index (χ3v) is 6.03. The Bertz CT molecular complexity index is 217. The molecule has 94 valence electrons. The summed E-state index contributed by atoms with van der Waals surface area (Å²) in [4.78, 5) is 0. The van der Waals surface area contributed by atoms with Crippen molar-refractivity contribution < 1.29 is 4.74 Å². The van der Waals surface area contributed by atoms with Gasteiger partial charge in [-0.15, -0.1) is 0 Å². The van der Waals surface area contributed by atoms with Crippen LogP contribution in [0.4, 0.5) is 0 Å². The molecule has 0 aliphatic carbocycles. The van der Waals surface area contributed by atoms with E-state index in [0.717, 1.165) is 18.3 Å². The van der Waals surface area contributed by atoms with Crippen LogP contribution in [-0.2, 0) is 4.74 Å². The maximum Gasteiger partial charge on any atom is 0.0707 e. The van der Waals surface area contributed by atoms with Crippen LogP contribution < -0.4 is 5.32 Å². The van der Waals surface area contributed by atoms with Crippen molar-refractivity contribution in [2.24, 2.45) is 0 Å². The zero-order chi connectivity index (χ0) is 11.4. The van der Waals surface area contributed by atoms with Crippen molar-refractivity contribution in [2.75, 3.05) is 30.3 Å². The van der Waals surface area contributed by atoms with Crippen molar-refractivity contribution in [3.63, 3.8) is 0 Å². The first-order chi connectivity index (χ1) is 7.66. The predicted molar refractivity (Wildman–Crippen MR) is 74.6 cm³/mol. The van der Waals surface area contributed by atoms with Crippen LogP contribution in [-0.4, -0.2) is 47.3 Å².